The van der Waals surface area contributed by atoms with E-state index in [0.29, 0.717) is 5.57 Å². The van der Waals surface area contributed by atoms with Crippen LogP contribution in [-0.2, 0) is 23.4 Å². The quantitative estimate of drug-likeness (QED) is 0.291. The van der Waals surface area contributed by atoms with E-state index in [2.05, 4.69) is 6.58 Å². The SMILES string of the molecule is C=C(C)C(=O)OC(C)[Si]OC(C)(OC)OC. The van der Waals surface area contributed by atoms with Crippen LogP contribution in [0.25, 0.3) is 0 Å². The molecule has 0 aliphatic rings. The van der Waals surface area contributed by atoms with E-state index in [0.717, 1.165) is 0 Å². The van der Waals surface area contributed by atoms with E-state index >= 15 is 0 Å². The fourth-order valence-corrected chi connectivity index (χ4v) is 1.34. The van der Waals surface area contributed by atoms with Gasteiger partial charge in [-0.1, -0.05) is 6.58 Å². The van der Waals surface area contributed by atoms with Gasteiger partial charge in [0.05, 0.1) is 0 Å². The van der Waals surface area contributed by atoms with E-state index in [4.69, 9.17) is 18.6 Å². The predicted octanol–water partition coefficient (Wildman–Crippen LogP) is 1.05. The molecule has 16 heavy (non-hydrogen) atoms. The highest BCUT2D eigenvalue weighted by Gasteiger charge is 2.26. The van der Waals surface area contributed by atoms with E-state index in [-0.39, 0.29) is 15.5 Å². The van der Waals surface area contributed by atoms with Crippen molar-refractivity contribution in [3.8, 4) is 0 Å². The highest BCUT2D eigenvalue weighted by atomic mass is 28.2. The molecule has 0 aromatic rings. The molecule has 0 spiro atoms. The minimum Gasteiger partial charge on any atom is -0.461 e. The number of hydrogen-bond donors (Lipinski definition) is 0. The van der Waals surface area contributed by atoms with Crippen LogP contribution >= 0.6 is 0 Å². The second-order valence-electron chi connectivity index (χ2n) is 3.32. The minimum absolute atomic E-state index is 0.0777. The molecule has 0 bridgehead atoms. The molecule has 0 heterocycles. The predicted molar refractivity (Wildman–Crippen MR) is 59.6 cm³/mol. The first-order chi connectivity index (χ1) is 7.34. The van der Waals surface area contributed by atoms with Crippen LogP contribution < -0.4 is 0 Å². The molecule has 0 fully saturated rings. The van der Waals surface area contributed by atoms with Gasteiger partial charge in [-0.25, -0.2) is 4.79 Å². The summed E-state index contributed by atoms with van der Waals surface area (Å²) in [6.45, 7) is 8.44. The van der Waals surface area contributed by atoms with Crippen LogP contribution in [0.5, 0.6) is 0 Å². The third kappa shape index (κ3) is 5.41. The maximum absolute atomic E-state index is 11.2. The van der Waals surface area contributed by atoms with Crippen molar-refractivity contribution in [2.75, 3.05) is 14.2 Å². The zero-order chi connectivity index (χ0) is 12.8. The Labute approximate surface area is 98.6 Å². The van der Waals surface area contributed by atoms with E-state index in [1.165, 1.54) is 14.2 Å². The van der Waals surface area contributed by atoms with Crippen molar-refractivity contribution < 1.29 is 23.4 Å². The molecule has 0 aromatic heterocycles. The lowest BCUT2D eigenvalue weighted by molar-refractivity contribution is -0.311. The van der Waals surface area contributed by atoms with Crippen molar-refractivity contribution in [1.82, 2.24) is 0 Å². The first kappa shape index (κ1) is 15.3. The van der Waals surface area contributed by atoms with Crippen LogP contribution in [0.2, 0.25) is 0 Å². The molecule has 0 amide bonds. The summed E-state index contributed by atoms with van der Waals surface area (Å²) in [5.74, 6) is -1.54. The zero-order valence-corrected chi connectivity index (χ0v) is 11.3. The highest BCUT2D eigenvalue weighted by Crippen LogP contribution is 2.11. The van der Waals surface area contributed by atoms with Gasteiger partial charge in [-0.05, 0) is 13.8 Å². The Morgan fingerprint density at radius 2 is 1.88 bits per heavy atom. The molecule has 0 N–H and O–H groups in total. The summed E-state index contributed by atoms with van der Waals surface area (Å²) < 4.78 is 20.4. The molecule has 0 saturated heterocycles. The van der Waals surface area contributed by atoms with Crippen molar-refractivity contribution in [3.63, 3.8) is 0 Å². The summed E-state index contributed by atoms with van der Waals surface area (Å²) in [5, 5.41) is 0. The number of ether oxygens (including phenoxy) is 3. The molecule has 0 rings (SSSR count). The van der Waals surface area contributed by atoms with Crippen molar-refractivity contribution >= 4 is 15.7 Å². The molecule has 1 unspecified atom stereocenters. The fourth-order valence-electron chi connectivity index (χ4n) is 0.642. The molecule has 0 aromatic carbocycles. The molecule has 1 atom stereocenters. The first-order valence-corrected chi connectivity index (χ1v) is 5.73. The topological polar surface area (TPSA) is 54.0 Å². The van der Waals surface area contributed by atoms with Crippen LogP contribution in [0.15, 0.2) is 12.2 Å². The molecule has 6 heteroatoms. The largest absolute Gasteiger partial charge is 0.461 e. The van der Waals surface area contributed by atoms with Gasteiger partial charge in [0.25, 0.3) is 15.7 Å². The normalized spacial score (nSPS) is 13.3. The first-order valence-electron chi connectivity index (χ1n) is 4.75. The second-order valence-corrected chi connectivity index (χ2v) is 4.57. The van der Waals surface area contributed by atoms with Crippen molar-refractivity contribution in [2.24, 2.45) is 0 Å². The highest BCUT2D eigenvalue weighted by molar-refractivity contribution is 6.29. The monoisotopic (exact) mass is 246 g/mol. The van der Waals surface area contributed by atoms with Gasteiger partial charge >= 0.3 is 5.97 Å². The van der Waals surface area contributed by atoms with Gasteiger partial charge in [0.2, 0.25) is 0 Å². The summed E-state index contributed by atoms with van der Waals surface area (Å²) in [6.07, 6.45) is 0. The maximum Gasteiger partial charge on any atom is 0.333 e. The Kier molecular flexibility index (Phi) is 6.50. The Morgan fingerprint density at radius 1 is 1.38 bits per heavy atom. The maximum atomic E-state index is 11.2. The van der Waals surface area contributed by atoms with Crippen LogP contribution in [0, 0.1) is 0 Å². The number of methoxy groups -OCH3 is 2. The fraction of sp³-hybridized carbons (Fsp3) is 0.700. The lowest BCUT2D eigenvalue weighted by Crippen LogP contribution is -2.38. The summed E-state index contributed by atoms with van der Waals surface area (Å²) in [6, 6.07) is 0. The van der Waals surface area contributed by atoms with Gasteiger partial charge in [0, 0.05) is 26.7 Å². The minimum atomic E-state index is -1.11. The average molecular weight is 246 g/mol. The lowest BCUT2D eigenvalue weighted by atomic mass is 10.4. The Morgan fingerprint density at radius 3 is 2.25 bits per heavy atom. The van der Waals surface area contributed by atoms with Crippen LogP contribution in [0.3, 0.4) is 0 Å². The summed E-state index contributed by atoms with van der Waals surface area (Å²) in [4.78, 5) is 11.2. The average Bonchev–Trinajstić information content (AvgIpc) is 2.25. The van der Waals surface area contributed by atoms with Gasteiger partial charge < -0.3 is 18.6 Å². The Bertz CT molecular complexity index is 250. The lowest BCUT2D eigenvalue weighted by Gasteiger charge is -2.27. The van der Waals surface area contributed by atoms with Crippen LogP contribution in [0.4, 0.5) is 0 Å². The number of esters is 1. The van der Waals surface area contributed by atoms with Gasteiger partial charge in [-0.3, -0.25) is 0 Å². The zero-order valence-electron chi connectivity index (χ0n) is 10.3. The second kappa shape index (κ2) is 6.80. The summed E-state index contributed by atoms with van der Waals surface area (Å²) >= 11 is 0. The number of carbonyl (C=O) groups excluding carboxylic acids is 1. The van der Waals surface area contributed by atoms with Gasteiger partial charge in [-0.2, -0.15) is 0 Å². The standard InChI is InChI=1S/C10H18O5Si/c1-7(2)9(11)14-8(3)16-15-10(4,12-5)13-6/h8H,1H2,2-6H3. The third-order valence-corrected chi connectivity index (χ3v) is 2.72. The van der Waals surface area contributed by atoms with Gasteiger partial charge in [0.15, 0.2) is 0 Å². The Balaban J connectivity index is 4.02. The molecule has 0 aliphatic carbocycles. The number of rotatable bonds is 7. The van der Waals surface area contributed by atoms with E-state index < -0.39 is 11.9 Å². The molecule has 0 saturated carbocycles. The number of hydrogen-bond acceptors (Lipinski definition) is 5. The van der Waals surface area contributed by atoms with Crippen LogP contribution in [-0.4, -0.2) is 41.7 Å². The van der Waals surface area contributed by atoms with Gasteiger partial charge in [0.1, 0.15) is 5.73 Å². The molecular weight excluding hydrogens is 228 g/mol. The molecule has 92 valence electrons. The molecule has 2 radical (unpaired) electrons. The molecular formula is C10H18O5Si. The third-order valence-electron chi connectivity index (χ3n) is 1.78. The van der Waals surface area contributed by atoms with Crippen molar-refractivity contribution in [1.29, 1.82) is 0 Å². The van der Waals surface area contributed by atoms with Crippen LogP contribution in [0.1, 0.15) is 20.8 Å². The van der Waals surface area contributed by atoms with Gasteiger partial charge in [-0.15, -0.1) is 0 Å². The van der Waals surface area contributed by atoms with Crippen molar-refractivity contribution in [3.05, 3.63) is 12.2 Å². The Hall–Kier alpha value is -0.693. The number of carbonyl (C=O) groups is 1. The molecule has 5 nitrogen and oxygen atoms in total. The van der Waals surface area contributed by atoms with E-state index in [9.17, 15) is 4.79 Å². The van der Waals surface area contributed by atoms with E-state index in [1.807, 2.05) is 0 Å². The molecule has 0 aliphatic heterocycles. The van der Waals surface area contributed by atoms with Crippen molar-refractivity contribution in [2.45, 2.75) is 32.5 Å². The smallest absolute Gasteiger partial charge is 0.333 e. The van der Waals surface area contributed by atoms with E-state index in [1.54, 1.807) is 20.8 Å². The summed E-state index contributed by atoms with van der Waals surface area (Å²) in [5.41, 5.74) is -0.00767. The summed E-state index contributed by atoms with van der Waals surface area (Å²) in [7, 11) is 2.86.